The number of rotatable bonds is 8. The summed E-state index contributed by atoms with van der Waals surface area (Å²) < 4.78 is 5.85. The highest BCUT2D eigenvalue weighted by Crippen LogP contribution is 2.48. The van der Waals surface area contributed by atoms with Gasteiger partial charge in [-0.2, -0.15) is 0 Å². The van der Waals surface area contributed by atoms with E-state index in [2.05, 4.69) is 27.2 Å². The Morgan fingerprint density at radius 3 is 2.58 bits per heavy atom. The number of hydrogen-bond acceptors (Lipinski definition) is 3. The molecule has 5 nitrogen and oxygen atoms in total. The standard InChI is InChI=1S/C30H30ClN3O2/c1-32-25-10-12-26(13-11-25)36-19-5-16-34-17-14-23(15-18-34)30(21-22-6-4-7-24(31)20-22)27-8-2-3-9-28(27)33-29(30)35/h2-4,6-13,20,23H,5,14-19,21H2,(H,33,35). The maximum absolute atomic E-state index is 13.6. The molecular formula is C30H30ClN3O2. The summed E-state index contributed by atoms with van der Waals surface area (Å²) in [5.74, 6) is 1.17. The van der Waals surface area contributed by atoms with Crippen molar-refractivity contribution in [1.29, 1.82) is 0 Å². The van der Waals surface area contributed by atoms with Crippen molar-refractivity contribution in [3.63, 3.8) is 0 Å². The summed E-state index contributed by atoms with van der Waals surface area (Å²) in [4.78, 5) is 19.5. The monoisotopic (exact) mass is 499 g/mol. The lowest BCUT2D eigenvalue weighted by atomic mass is 9.64. The number of ether oxygens (including phenoxy) is 1. The summed E-state index contributed by atoms with van der Waals surface area (Å²) in [6.07, 6.45) is 3.54. The third kappa shape index (κ3) is 4.97. The Kier molecular flexibility index (Phi) is 7.27. The second-order valence-corrected chi connectivity index (χ2v) is 10.1. The third-order valence-corrected chi connectivity index (χ3v) is 7.81. The summed E-state index contributed by atoms with van der Waals surface area (Å²) in [5.41, 5.74) is 3.20. The number of carbonyl (C=O) groups is 1. The number of benzene rings is 3. The summed E-state index contributed by atoms with van der Waals surface area (Å²) in [6, 6.07) is 23.3. The van der Waals surface area contributed by atoms with E-state index in [0.29, 0.717) is 23.7 Å². The minimum absolute atomic E-state index is 0.111. The molecule has 2 aliphatic heterocycles. The van der Waals surface area contributed by atoms with Crippen molar-refractivity contribution in [2.75, 3.05) is 31.6 Å². The second-order valence-electron chi connectivity index (χ2n) is 9.70. The molecule has 2 aliphatic rings. The van der Waals surface area contributed by atoms with Gasteiger partial charge in [0, 0.05) is 17.3 Å². The number of anilines is 1. The number of likely N-dealkylation sites (tertiary alicyclic amines) is 1. The van der Waals surface area contributed by atoms with E-state index in [0.717, 1.165) is 61.5 Å². The fraction of sp³-hybridized carbons (Fsp3) is 0.333. The number of carbonyl (C=O) groups excluding carboxylic acids is 1. The Morgan fingerprint density at radius 2 is 1.83 bits per heavy atom. The zero-order valence-corrected chi connectivity index (χ0v) is 21.0. The number of nitrogens with zero attached hydrogens (tertiary/aromatic N) is 2. The van der Waals surface area contributed by atoms with Gasteiger partial charge < -0.3 is 15.0 Å². The van der Waals surface area contributed by atoms with E-state index in [9.17, 15) is 4.79 Å². The average molecular weight is 500 g/mol. The highest BCUT2D eigenvalue weighted by Gasteiger charge is 2.52. The lowest BCUT2D eigenvalue weighted by Crippen LogP contribution is -2.49. The van der Waals surface area contributed by atoms with Gasteiger partial charge in [-0.15, -0.1) is 0 Å². The first-order chi connectivity index (χ1) is 17.6. The highest BCUT2D eigenvalue weighted by molar-refractivity contribution is 6.30. The molecule has 0 bridgehead atoms. The van der Waals surface area contributed by atoms with E-state index in [4.69, 9.17) is 22.9 Å². The van der Waals surface area contributed by atoms with Crippen LogP contribution in [0.5, 0.6) is 5.75 Å². The fourth-order valence-corrected chi connectivity index (χ4v) is 5.99. The molecule has 6 heteroatoms. The number of para-hydroxylation sites is 1. The van der Waals surface area contributed by atoms with Crippen molar-refractivity contribution >= 4 is 28.9 Å². The molecule has 1 saturated heterocycles. The predicted molar refractivity (Wildman–Crippen MR) is 144 cm³/mol. The van der Waals surface area contributed by atoms with Gasteiger partial charge in [0.15, 0.2) is 5.69 Å². The van der Waals surface area contributed by atoms with E-state index in [1.807, 2.05) is 48.5 Å². The van der Waals surface area contributed by atoms with Gasteiger partial charge in [-0.1, -0.05) is 54.1 Å². The molecule has 36 heavy (non-hydrogen) atoms. The molecule has 0 aliphatic carbocycles. The largest absolute Gasteiger partial charge is 0.494 e. The van der Waals surface area contributed by atoms with Gasteiger partial charge in [0.1, 0.15) is 5.75 Å². The van der Waals surface area contributed by atoms with Gasteiger partial charge in [-0.25, -0.2) is 4.85 Å². The highest BCUT2D eigenvalue weighted by atomic mass is 35.5. The van der Waals surface area contributed by atoms with E-state index in [1.54, 1.807) is 12.1 Å². The van der Waals surface area contributed by atoms with Crippen LogP contribution < -0.4 is 10.1 Å². The van der Waals surface area contributed by atoms with Crippen LogP contribution in [0, 0.1) is 12.5 Å². The van der Waals surface area contributed by atoms with Crippen molar-refractivity contribution in [3.8, 4) is 5.75 Å². The minimum atomic E-state index is -0.575. The normalized spacial score (nSPS) is 19.9. The van der Waals surface area contributed by atoms with Crippen molar-refractivity contribution in [2.24, 2.45) is 5.92 Å². The number of piperidine rings is 1. The van der Waals surface area contributed by atoms with Crippen LogP contribution in [0.2, 0.25) is 5.02 Å². The van der Waals surface area contributed by atoms with E-state index >= 15 is 0 Å². The first kappa shape index (κ1) is 24.4. The van der Waals surface area contributed by atoms with Crippen LogP contribution in [0.25, 0.3) is 4.85 Å². The van der Waals surface area contributed by atoms with Gasteiger partial charge in [0.2, 0.25) is 5.91 Å². The topological polar surface area (TPSA) is 45.9 Å². The zero-order chi connectivity index (χ0) is 25.0. The lowest BCUT2D eigenvalue weighted by Gasteiger charge is -2.41. The quantitative estimate of drug-likeness (QED) is 0.284. The van der Waals surface area contributed by atoms with Crippen molar-refractivity contribution < 1.29 is 9.53 Å². The van der Waals surface area contributed by atoms with E-state index < -0.39 is 5.41 Å². The number of amides is 1. The molecule has 0 radical (unpaired) electrons. The Bertz CT molecular complexity index is 1260. The lowest BCUT2D eigenvalue weighted by molar-refractivity contribution is -0.123. The summed E-state index contributed by atoms with van der Waals surface area (Å²) in [5, 5.41) is 3.88. The van der Waals surface area contributed by atoms with E-state index in [-0.39, 0.29) is 11.8 Å². The van der Waals surface area contributed by atoms with Crippen LogP contribution in [-0.4, -0.2) is 37.0 Å². The molecule has 1 amide bonds. The molecule has 184 valence electrons. The summed E-state index contributed by atoms with van der Waals surface area (Å²) in [7, 11) is 0. The average Bonchev–Trinajstić information content (AvgIpc) is 3.19. The zero-order valence-electron chi connectivity index (χ0n) is 20.3. The van der Waals surface area contributed by atoms with Gasteiger partial charge in [0.25, 0.3) is 0 Å². The van der Waals surface area contributed by atoms with Crippen LogP contribution in [0.1, 0.15) is 30.4 Å². The van der Waals surface area contributed by atoms with E-state index in [1.165, 1.54) is 0 Å². The van der Waals surface area contributed by atoms with Crippen LogP contribution >= 0.6 is 11.6 Å². The van der Waals surface area contributed by atoms with Crippen LogP contribution in [-0.2, 0) is 16.6 Å². The Balaban J connectivity index is 1.23. The number of nitrogens with one attached hydrogen (secondary N) is 1. The summed E-state index contributed by atoms with van der Waals surface area (Å²) >= 11 is 6.30. The first-order valence-corrected chi connectivity index (χ1v) is 12.9. The second kappa shape index (κ2) is 10.7. The van der Waals surface area contributed by atoms with Gasteiger partial charge >= 0.3 is 0 Å². The minimum Gasteiger partial charge on any atom is -0.494 e. The molecule has 1 fully saturated rings. The maximum atomic E-state index is 13.6. The smallest absolute Gasteiger partial charge is 0.235 e. The molecule has 0 saturated carbocycles. The SMILES string of the molecule is [C-]#[N+]c1ccc(OCCCN2CCC(C3(Cc4cccc(Cl)c4)C(=O)Nc4ccccc43)CC2)cc1. The number of halogens is 1. The van der Waals surface area contributed by atoms with Gasteiger partial charge in [0.05, 0.1) is 18.6 Å². The maximum Gasteiger partial charge on any atom is 0.235 e. The van der Waals surface area contributed by atoms with Crippen LogP contribution in [0.3, 0.4) is 0 Å². The molecule has 1 unspecified atom stereocenters. The number of hydrogen-bond donors (Lipinski definition) is 1. The number of fused-ring (bicyclic) bond motifs is 1. The third-order valence-electron chi connectivity index (χ3n) is 7.57. The van der Waals surface area contributed by atoms with Crippen LogP contribution in [0.15, 0.2) is 72.8 Å². The molecule has 0 spiro atoms. The molecule has 1 atom stereocenters. The Hall–Kier alpha value is -3.33. The van der Waals surface area contributed by atoms with Crippen molar-refractivity contribution in [1.82, 2.24) is 4.90 Å². The summed E-state index contributed by atoms with van der Waals surface area (Å²) in [6.45, 7) is 10.6. The molecule has 1 N–H and O–H groups in total. The fourth-order valence-electron chi connectivity index (χ4n) is 5.78. The molecule has 0 aromatic heterocycles. The molecule has 3 aromatic carbocycles. The van der Waals surface area contributed by atoms with Crippen LogP contribution in [0.4, 0.5) is 11.4 Å². The first-order valence-electron chi connectivity index (χ1n) is 12.6. The van der Waals surface area contributed by atoms with Crippen molar-refractivity contribution in [2.45, 2.75) is 31.1 Å². The van der Waals surface area contributed by atoms with Gasteiger partial charge in [-0.05, 0) is 86.1 Å². The van der Waals surface area contributed by atoms with Gasteiger partial charge in [-0.3, -0.25) is 4.79 Å². The van der Waals surface area contributed by atoms with Crippen molar-refractivity contribution in [3.05, 3.63) is 100 Å². The molecule has 2 heterocycles. The molecule has 3 aromatic rings. The predicted octanol–water partition coefficient (Wildman–Crippen LogP) is 6.50. The Labute approximate surface area is 217 Å². The molecular weight excluding hydrogens is 470 g/mol. The Morgan fingerprint density at radius 1 is 1.06 bits per heavy atom. The molecule has 5 rings (SSSR count).